The van der Waals surface area contributed by atoms with E-state index in [1.54, 1.807) is 0 Å². The molecule has 0 aromatic heterocycles. The minimum Gasteiger partial charge on any atom is -0.462 e. The third kappa shape index (κ3) is 41.3. The van der Waals surface area contributed by atoms with Crippen LogP contribution >= 0.6 is 0 Å². The maximum Gasteiger partial charge on any atom is 0.306 e. The predicted octanol–water partition coefficient (Wildman–Crippen LogP) is 14.2. The van der Waals surface area contributed by atoms with Crippen molar-refractivity contribution in [1.82, 2.24) is 5.32 Å². The summed E-state index contributed by atoms with van der Waals surface area (Å²) in [6.07, 6.45) is 60.4. The van der Waals surface area contributed by atoms with Crippen LogP contribution in [0.1, 0.15) is 201 Å². The fourth-order valence-electron chi connectivity index (χ4n) is 6.70. The van der Waals surface area contributed by atoms with E-state index in [0.29, 0.717) is 19.3 Å². The molecule has 0 fully saturated rings. The Morgan fingerprint density at radius 3 is 1.41 bits per heavy atom. The van der Waals surface area contributed by atoms with E-state index in [1.807, 2.05) is 54.7 Å². The standard InChI is InChI=1S/C53H89NO5/c1-4-7-10-13-16-19-22-24-25-26-28-30-32-35-38-41-44-49(59-53(58)46-43-40-37-34-31-27-23-20-17-14-11-8-5-2)47-52(57)54-50(48-55)51(56)45-42-39-36-33-29-21-18-15-12-9-6-3/h8,11,14,17,20,22-28,30-31,34,37,49-51,55-56H,4-7,9-10,12-13,15-16,18-19,21,29,32-33,35-36,38-48H2,1-3H3,(H,54,57)/b11-8+,17-14+,23-20-,24-22+,26-25+,30-28+,31-27-,37-34+. The van der Waals surface area contributed by atoms with Gasteiger partial charge in [-0.1, -0.05) is 221 Å². The molecule has 3 N–H and O–H groups in total. The maximum absolute atomic E-state index is 13.2. The number of hydrogen-bond acceptors (Lipinski definition) is 5. The van der Waals surface area contributed by atoms with Gasteiger partial charge in [-0.15, -0.1) is 0 Å². The SMILES string of the molecule is CC/C=C/C=C/C=C\C=C/C=C/CCCC(=O)OC(CCCCC/C=C/C=C/C=C/CCCCCCC)CC(=O)NC(CO)C(O)CCCCCCCCCCCCC. The molecular formula is C53H89NO5. The smallest absolute Gasteiger partial charge is 0.306 e. The van der Waals surface area contributed by atoms with E-state index in [2.05, 4.69) is 68.6 Å². The Hall–Kier alpha value is -3.22. The molecule has 1 amide bonds. The molecule has 336 valence electrons. The van der Waals surface area contributed by atoms with Crippen molar-refractivity contribution < 1.29 is 24.5 Å². The van der Waals surface area contributed by atoms with Gasteiger partial charge >= 0.3 is 5.97 Å². The molecule has 0 aliphatic rings. The molecule has 6 heteroatoms. The largest absolute Gasteiger partial charge is 0.462 e. The average Bonchev–Trinajstić information content (AvgIpc) is 3.23. The zero-order chi connectivity index (χ0) is 43.1. The first kappa shape index (κ1) is 55.8. The van der Waals surface area contributed by atoms with Crippen molar-refractivity contribution in [3.8, 4) is 0 Å². The van der Waals surface area contributed by atoms with Crippen molar-refractivity contribution in [2.24, 2.45) is 0 Å². The summed E-state index contributed by atoms with van der Waals surface area (Å²) in [5.41, 5.74) is 0. The Balaban J connectivity index is 4.82. The van der Waals surface area contributed by atoms with Gasteiger partial charge in [0.2, 0.25) is 5.91 Å². The Bertz CT molecular complexity index is 1190. The lowest BCUT2D eigenvalue weighted by Gasteiger charge is -2.24. The van der Waals surface area contributed by atoms with E-state index in [0.717, 1.165) is 64.2 Å². The zero-order valence-corrected chi connectivity index (χ0v) is 38.1. The number of hydrogen-bond donors (Lipinski definition) is 3. The van der Waals surface area contributed by atoms with Crippen LogP contribution < -0.4 is 5.32 Å². The van der Waals surface area contributed by atoms with Crippen molar-refractivity contribution in [3.05, 3.63) is 97.2 Å². The van der Waals surface area contributed by atoms with Crippen molar-refractivity contribution in [2.45, 2.75) is 219 Å². The molecule has 0 radical (unpaired) electrons. The number of carbonyl (C=O) groups excluding carboxylic acids is 2. The highest BCUT2D eigenvalue weighted by Crippen LogP contribution is 2.16. The minimum absolute atomic E-state index is 0.0205. The molecule has 0 saturated carbocycles. The Kier molecular flexibility index (Phi) is 43.4. The third-order valence-electron chi connectivity index (χ3n) is 10.3. The van der Waals surface area contributed by atoms with Gasteiger partial charge < -0.3 is 20.3 Å². The Morgan fingerprint density at radius 2 is 0.915 bits per heavy atom. The number of unbranched alkanes of at least 4 members (excludes halogenated alkanes) is 19. The van der Waals surface area contributed by atoms with E-state index >= 15 is 0 Å². The Morgan fingerprint density at radius 1 is 0.508 bits per heavy atom. The molecule has 3 unspecified atom stereocenters. The van der Waals surface area contributed by atoms with Crippen LogP contribution in [0.5, 0.6) is 0 Å². The molecular weight excluding hydrogens is 731 g/mol. The van der Waals surface area contributed by atoms with Crippen molar-refractivity contribution in [2.75, 3.05) is 6.61 Å². The number of amides is 1. The van der Waals surface area contributed by atoms with Crippen LogP contribution in [0.15, 0.2) is 97.2 Å². The number of aliphatic hydroxyl groups excluding tert-OH is 2. The molecule has 6 nitrogen and oxygen atoms in total. The van der Waals surface area contributed by atoms with Gasteiger partial charge in [-0.05, 0) is 64.2 Å². The molecule has 0 saturated heterocycles. The molecule has 0 aromatic rings. The molecule has 0 aliphatic heterocycles. The number of esters is 1. The summed E-state index contributed by atoms with van der Waals surface area (Å²) >= 11 is 0. The van der Waals surface area contributed by atoms with E-state index < -0.39 is 18.2 Å². The molecule has 0 bridgehead atoms. The second-order valence-electron chi connectivity index (χ2n) is 16.0. The first-order chi connectivity index (χ1) is 29.0. The van der Waals surface area contributed by atoms with Crippen LogP contribution in [-0.4, -0.2) is 46.9 Å². The van der Waals surface area contributed by atoms with E-state index in [9.17, 15) is 19.8 Å². The number of rotatable bonds is 41. The summed E-state index contributed by atoms with van der Waals surface area (Å²) < 4.78 is 5.86. The lowest BCUT2D eigenvalue weighted by Crippen LogP contribution is -2.46. The molecule has 0 heterocycles. The quantitative estimate of drug-likeness (QED) is 0.0324. The van der Waals surface area contributed by atoms with Gasteiger partial charge in [0.15, 0.2) is 0 Å². The van der Waals surface area contributed by atoms with Crippen LogP contribution in [0.2, 0.25) is 0 Å². The number of carbonyl (C=O) groups is 2. The van der Waals surface area contributed by atoms with Crippen LogP contribution in [0.4, 0.5) is 0 Å². The van der Waals surface area contributed by atoms with E-state index in [1.165, 1.54) is 83.5 Å². The van der Waals surface area contributed by atoms with Gasteiger partial charge in [0.25, 0.3) is 0 Å². The maximum atomic E-state index is 13.2. The summed E-state index contributed by atoms with van der Waals surface area (Å²) in [4.78, 5) is 26.0. The number of nitrogens with one attached hydrogen (secondary N) is 1. The highest BCUT2D eigenvalue weighted by Gasteiger charge is 2.24. The van der Waals surface area contributed by atoms with Gasteiger partial charge in [0, 0.05) is 6.42 Å². The second kappa shape index (κ2) is 45.9. The zero-order valence-electron chi connectivity index (χ0n) is 38.1. The highest BCUT2D eigenvalue weighted by atomic mass is 16.5. The van der Waals surface area contributed by atoms with Gasteiger partial charge in [-0.3, -0.25) is 9.59 Å². The van der Waals surface area contributed by atoms with Crippen LogP contribution in [-0.2, 0) is 14.3 Å². The minimum atomic E-state index is -0.813. The lowest BCUT2D eigenvalue weighted by atomic mass is 10.0. The molecule has 0 spiro atoms. The summed E-state index contributed by atoms with van der Waals surface area (Å²) in [6, 6.07) is -0.732. The highest BCUT2D eigenvalue weighted by molar-refractivity contribution is 5.77. The van der Waals surface area contributed by atoms with Crippen LogP contribution in [0.25, 0.3) is 0 Å². The third-order valence-corrected chi connectivity index (χ3v) is 10.3. The number of ether oxygens (including phenoxy) is 1. The van der Waals surface area contributed by atoms with E-state index in [4.69, 9.17) is 4.74 Å². The average molecular weight is 820 g/mol. The fraction of sp³-hybridized carbons (Fsp3) is 0.660. The van der Waals surface area contributed by atoms with Crippen LogP contribution in [0.3, 0.4) is 0 Å². The first-order valence-electron chi connectivity index (χ1n) is 24.1. The molecule has 59 heavy (non-hydrogen) atoms. The number of allylic oxidation sites excluding steroid dienone is 16. The summed E-state index contributed by atoms with van der Waals surface area (Å²) in [6.45, 7) is 6.27. The first-order valence-corrected chi connectivity index (χ1v) is 24.1. The molecule has 0 aliphatic carbocycles. The van der Waals surface area contributed by atoms with Gasteiger partial charge in [0.05, 0.1) is 25.2 Å². The normalized spacial score (nSPS) is 14.2. The molecule has 3 atom stereocenters. The summed E-state index contributed by atoms with van der Waals surface area (Å²) in [5, 5.41) is 23.7. The van der Waals surface area contributed by atoms with Gasteiger partial charge in [-0.2, -0.15) is 0 Å². The second-order valence-corrected chi connectivity index (χ2v) is 16.0. The summed E-state index contributed by atoms with van der Waals surface area (Å²) in [5.74, 6) is -0.606. The van der Waals surface area contributed by atoms with Crippen molar-refractivity contribution in [1.29, 1.82) is 0 Å². The summed E-state index contributed by atoms with van der Waals surface area (Å²) in [7, 11) is 0. The lowest BCUT2D eigenvalue weighted by molar-refractivity contribution is -0.151. The Labute approximate surface area is 363 Å². The molecule has 0 aromatic carbocycles. The monoisotopic (exact) mass is 820 g/mol. The van der Waals surface area contributed by atoms with E-state index in [-0.39, 0.29) is 31.3 Å². The fourth-order valence-corrected chi connectivity index (χ4v) is 6.70. The molecule has 0 rings (SSSR count). The van der Waals surface area contributed by atoms with Crippen molar-refractivity contribution >= 4 is 11.9 Å². The predicted molar refractivity (Wildman–Crippen MR) is 254 cm³/mol. The van der Waals surface area contributed by atoms with Gasteiger partial charge in [0.1, 0.15) is 6.10 Å². The topological polar surface area (TPSA) is 95.9 Å². The number of aliphatic hydroxyl groups is 2. The van der Waals surface area contributed by atoms with Gasteiger partial charge in [-0.25, -0.2) is 0 Å². The van der Waals surface area contributed by atoms with Crippen LogP contribution in [0, 0.1) is 0 Å². The van der Waals surface area contributed by atoms with Crippen molar-refractivity contribution in [3.63, 3.8) is 0 Å².